The van der Waals surface area contributed by atoms with Crippen LogP contribution in [0.2, 0.25) is 0 Å². The molecule has 0 heteroatoms. The van der Waals surface area contributed by atoms with E-state index in [1.165, 1.54) is 83.5 Å². The molecule has 0 amide bonds. The molecule has 27 atom stereocenters. The second-order valence-electron chi connectivity index (χ2n) is 30.3. The highest BCUT2D eigenvalue weighted by Gasteiger charge is 2.55. The Morgan fingerprint density at radius 3 is 1.33 bits per heavy atom. The van der Waals surface area contributed by atoms with Crippen molar-refractivity contribution in [2.24, 2.45) is 177 Å². The van der Waals surface area contributed by atoms with E-state index in [1.807, 2.05) is 0 Å². The van der Waals surface area contributed by atoms with Crippen LogP contribution in [0.3, 0.4) is 0 Å². The zero-order chi connectivity index (χ0) is 52.1. The van der Waals surface area contributed by atoms with Crippen molar-refractivity contribution in [3.05, 3.63) is 0 Å². The molecular weight excluding hydrogens is 829 g/mol. The summed E-state index contributed by atoms with van der Waals surface area (Å²) in [6, 6.07) is 0. The minimum atomic E-state index is 0.402. The van der Waals surface area contributed by atoms with E-state index >= 15 is 0 Å². The van der Waals surface area contributed by atoms with Gasteiger partial charge in [0.1, 0.15) is 0 Å². The van der Waals surface area contributed by atoms with Gasteiger partial charge in [0.2, 0.25) is 0 Å². The lowest BCUT2D eigenvalue weighted by molar-refractivity contribution is -0.0535. The zero-order valence-electron chi connectivity index (χ0n) is 52.1. The quantitative estimate of drug-likeness (QED) is 0.0810. The summed E-state index contributed by atoms with van der Waals surface area (Å²) in [5.41, 5.74) is 0.402. The van der Waals surface area contributed by atoms with Gasteiger partial charge in [-0.15, -0.1) is 0 Å². The molecule has 0 spiro atoms. The molecule has 0 saturated heterocycles. The molecule has 408 valence electrons. The van der Waals surface area contributed by atoms with Crippen molar-refractivity contribution in [2.45, 2.75) is 263 Å². The number of hydrogen-bond donors (Lipinski definition) is 0. The smallest absolute Gasteiger partial charge is 0.0326 e. The van der Waals surface area contributed by atoms with Crippen molar-refractivity contribution in [1.82, 2.24) is 0 Å². The first-order valence-corrected chi connectivity index (χ1v) is 32.2. The molecule has 27 unspecified atom stereocenters. The standard InChI is InChI=1S/C69H132/c1-26-58-56(22)68(57(23)59(27-2)60(58)28-3)55(21)54(20)53(19)52(18)46(12)35-44(10)42(8)33-41(7)43(9)34-45(11)51(17)49(15)38-69(24,25)39-50(16)64-37-66(62(30-5)61(64)29-4)67-48(14)36-63-47(13)31-40(6)32-65(63)67/h40-68H,26-39H2,1-25H3. The monoisotopic (exact) mass is 961 g/mol. The van der Waals surface area contributed by atoms with E-state index in [0.717, 1.165) is 172 Å². The van der Waals surface area contributed by atoms with Gasteiger partial charge in [-0.3, -0.25) is 0 Å². The summed E-state index contributed by atoms with van der Waals surface area (Å²) in [5, 5.41) is 0. The summed E-state index contributed by atoms with van der Waals surface area (Å²) in [4.78, 5) is 0. The van der Waals surface area contributed by atoms with Crippen LogP contribution in [0.25, 0.3) is 0 Å². The third kappa shape index (κ3) is 14.3. The predicted octanol–water partition coefficient (Wildman–Crippen LogP) is 21.9. The summed E-state index contributed by atoms with van der Waals surface area (Å²) in [5.74, 6) is 25.2. The largest absolute Gasteiger partial charge is 0.0651 e. The molecule has 0 heterocycles. The van der Waals surface area contributed by atoms with Crippen LogP contribution < -0.4 is 0 Å². The van der Waals surface area contributed by atoms with Crippen molar-refractivity contribution in [1.29, 1.82) is 0 Å². The zero-order valence-corrected chi connectivity index (χ0v) is 52.1. The summed E-state index contributed by atoms with van der Waals surface area (Å²) >= 11 is 0. The molecule has 4 fully saturated rings. The van der Waals surface area contributed by atoms with Gasteiger partial charge >= 0.3 is 0 Å². The lowest BCUT2D eigenvalue weighted by Gasteiger charge is -2.54. The van der Waals surface area contributed by atoms with Gasteiger partial charge in [-0.2, -0.15) is 0 Å². The van der Waals surface area contributed by atoms with Gasteiger partial charge < -0.3 is 0 Å². The highest BCUT2D eigenvalue weighted by atomic mass is 14.6. The van der Waals surface area contributed by atoms with Gasteiger partial charge in [0.25, 0.3) is 0 Å². The molecule has 4 saturated carbocycles. The van der Waals surface area contributed by atoms with Crippen LogP contribution in [-0.4, -0.2) is 0 Å². The third-order valence-corrected chi connectivity index (χ3v) is 25.7. The van der Waals surface area contributed by atoms with Gasteiger partial charge in [0, 0.05) is 0 Å². The van der Waals surface area contributed by atoms with Crippen LogP contribution in [0.1, 0.15) is 263 Å². The van der Waals surface area contributed by atoms with E-state index in [-0.39, 0.29) is 0 Å². The van der Waals surface area contributed by atoms with Crippen LogP contribution in [0.4, 0.5) is 0 Å². The van der Waals surface area contributed by atoms with Crippen molar-refractivity contribution in [3.8, 4) is 0 Å². The fourth-order valence-corrected chi connectivity index (χ4v) is 20.9. The first-order valence-electron chi connectivity index (χ1n) is 32.2. The maximum Gasteiger partial charge on any atom is -0.0326 e. The van der Waals surface area contributed by atoms with Crippen LogP contribution >= 0.6 is 0 Å². The highest BCUT2D eigenvalue weighted by molar-refractivity contribution is 5.04. The summed E-state index contributed by atoms with van der Waals surface area (Å²) in [7, 11) is 0. The number of rotatable bonds is 26. The van der Waals surface area contributed by atoms with E-state index in [4.69, 9.17) is 0 Å². The second kappa shape index (κ2) is 26.7. The Morgan fingerprint density at radius 1 is 0.391 bits per heavy atom. The normalized spacial score (nSPS) is 40.1. The first-order chi connectivity index (χ1) is 32.2. The molecule has 4 aliphatic carbocycles. The summed E-state index contributed by atoms with van der Waals surface area (Å²) in [6.07, 6.45) is 20.0. The minimum absolute atomic E-state index is 0.402. The van der Waals surface area contributed by atoms with E-state index in [1.54, 1.807) is 6.42 Å². The molecular formula is C69H132. The Bertz CT molecular complexity index is 1420. The van der Waals surface area contributed by atoms with Gasteiger partial charge in [0.15, 0.2) is 0 Å². The van der Waals surface area contributed by atoms with Crippen molar-refractivity contribution in [2.75, 3.05) is 0 Å². The van der Waals surface area contributed by atoms with E-state index in [0.29, 0.717) is 5.41 Å². The summed E-state index contributed by atoms with van der Waals surface area (Å²) < 4.78 is 0. The van der Waals surface area contributed by atoms with E-state index < -0.39 is 0 Å². The molecule has 0 nitrogen and oxygen atoms in total. The molecule has 0 bridgehead atoms. The Morgan fingerprint density at radius 2 is 0.855 bits per heavy atom. The fraction of sp³-hybridized carbons (Fsp3) is 1.00. The molecule has 0 N–H and O–H groups in total. The minimum Gasteiger partial charge on any atom is -0.0651 e. The number of hydrogen-bond acceptors (Lipinski definition) is 0. The maximum atomic E-state index is 2.71. The Hall–Kier alpha value is 0. The predicted molar refractivity (Wildman–Crippen MR) is 310 cm³/mol. The van der Waals surface area contributed by atoms with Crippen molar-refractivity contribution in [3.63, 3.8) is 0 Å². The van der Waals surface area contributed by atoms with Crippen molar-refractivity contribution < 1.29 is 0 Å². The first kappa shape index (κ1) is 61.5. The average molecular weight is 962 g/mol. The van der Waals surface area contributed by atoms with E-state index in [2.05, 4.69) is 173 Å². The number of fused-ring (bicyclic) bond motifs is 1. The molecule has 0 aromatic heterocycles. The molecule has 0 aromatic carbocycles. The van der Waals surface area contributed by atoms with E-state index in [9.17, 15) is 0 Å². The van der Waals surface area contributed by atoms with Crippen LogP contribution in [0.15, 0.2) is 0 Å². The molecule has 69 heavy (non-hydrogen) atoms. The molecule has 0 aliphatic heterocycles. The summed E-state index contributed by atoms with van der Waals surface area (Å²) in [6.45, 7) is 65.4. The second-order valence-corrected chi connectivity index (χ2v) is 30.3. The third-order valence-electron chi connectivity index (χ3n) is 25.7. The van der Waals surface area contributed by atoms with Crippen molar-refractivity contribution >= 4 is 0 Å². The van der Waals surface area contributed by atoms with Gasteiger partial charge in [0.05, 0.1) is 0 Å². The lowest BCUT2D eigenvalue weighted by Crippen LogP contribution is -2.48. The topological polar surface area (TPSA) is 0 Å². The van der Waals surface area contributed by atoms with Crippen LogP contribution in [0, 0.1) is 177 Å². The average Bonchev–Trinajstić information content (AvgIpc) is 3.83. The Labute approximate surface area is 438 Å². The maximum absolute atomic E-state index is 2.71. The molecule has 4 aliphatic rings. The molecule has 0 aromatic rings. The Balaban J connectivity index is 1.26. The van der Waals surface area contributed by atoms with Crippen LogP contribution in [-0.2, 0) is 0 Å². The highest BCUT2D eigenvalue weighted by Crippen LogP contribution is 2.62. The molecule has 4 rings (SSSR count). The van der Waals surface area contributed by atoms with Gasteiger partial charge in [-0.05, 0) is 235 Å². The SMILES string of the molecule is CCC1C(C)C(C(C)C(C)C(C)C(C)C(C)CC(C)C(C)CC(C)C(C)CC(C)C(C)C(C)CC(C)(C)CC(C)C2CC(C3C(C)CC4C(C)CC(C)CC43)C(CC)C2CC)C(C)C(CC)C1CC. The van der Waals surface area contributed by atoms with Crippen LogP contribution in [0.5, 0.6) is 0 Å². The van der Waals surface area contributed by atoms with Gasteiger partial charge in [-0.1, -0.05) is 205 Å². The van der Waals surface area contributed by atoms with Gasteiger partial charge in [-0.25, -0.2) is 0 Å². The molecule has 0 radical (unpaired) electrons. The Kier molecular flexibility index (Phi) is 23.8. The lowest BCUT2D eigenvalue weighted by atomic mass is 9.51. The fourth-order valence-electron chi connectivity index (χ4n) is 20.9.